The highest BCUT2D eigenvalue weighted by molar-refractivity contribution is 5.81. The second-order valence-corrected chi connectivity index (χ2v) is 5.63. The molecule has 1 aromatic heterocycles. The molecular formula is C15H19NO6. The zero-order valence-corrected chi connectivity index (χ0v) is 12.0. The fourth-order valence-corrected chi connectivity index (χ4v) is 2.69. The van der Waals surface area contributed by atoms with Crippen LogP contribution in [0, 0.1) is 0 Å². The molecule has 0 saturated carbocycles. The summed E-state index contributed by atoms with van der Waals surface area (Å²) in [7, 11) is 0. The number of fused-ring (bicyclic) bond motifs is 1. The van der Waals surface area contributed by atoms with Gasteiger partial charge in [-0.15, -0.1) is 0 Å². The van der Waals surface area contributed by atoms with Crippen molar-refractivity contribution in [1.29, 1.82) is 0 Å². The number of ether oxygens (including phenoxy) is 2. The summed E-state index contributed by atoms with van der Waals surface area (Å²) >= 11 is 0. The molecule has 2 heterocycles. The molecule has 1 aliphatic rings. The molecule has 0 bridgehead atoms. The van der Waals surface area contributed by atoms with Gasteiger partial charge >= 0.3 is 0 Å². The van der Waals surface area contributed by atoms with Gasteiger partial charge in [0.25, 0.3) is 0 Å². The van der Waals surface area contributed by atoms with E-state index in [4.69, 9.17) is 9.47 Å². The second kappa shape index (κ2) is 5.53. The van der Waals surface area contributed by atoms with E-state index in [1.165, 1.54) is 6.92 Å². The van der Waals surface area contributed by atoms with Crippen LogP contribution in [-0.4, -0.2) is 62.2 Å². The number of hydrogen-bond acceptors (Lipinski definition) is 6. The third-order valence-electron chi connectivity index (χ3n) is 3.92. The van der Waals surface area contributed by atoms with E-state index in [0.29, 0.717) is 5.88 Å². The third kappa shape index (κ3) is 2.57. The molecule has 7 nitrogen and oxygen atoms in total. The molecule has 0 radical (unpaired) electrons. The van der Waals surface area contributed by atoms with E-state index in [1.807, 2.05) is 24.3 Å². The summed E-state index contributed by atoms with van der Waals surface area (Å²) < 4.78 is 10.7. The Morgan fingerprint density at radius 3 is 2.73 bits per heavy atom. The second-order valence-electron chi connectivity index (χ2n) is 5.63. The largest absolute Gasteiger partial charge is 0.470 e. The van der Waals surface area contributed by atoms with E-state index in [-0.39, 0.29) is 0 Å². The fourth-order valence-electron chi connectivity index (χ4n) is 2.69. The number of nitrogens with one attached hydrogen (secondary N) is 1. The summed E-state index contributed by atoms with van der Waals surface area (Å²) in [6.07, 6.45) is -4.95. The number of hydrogen-bond donors (Lipinski definition) is 5. The fraction of sp³-hybridized carbons (Fsp3) is 0.467. The van der Waals surface area contributed by atoms with Gasteiger partial charge in [-0.1, -0.05) is 18.2 Å². The summed E-state index contributed by atoms with van der Waals surface area (Å²) in [5.41, 5.74) is 0.846. The lowest BCUT2D eigenvalue weighted by molar-refractivity contribution is -0.337. The molecule has 0 spiro atoms. The van der Waals surface area contributed by atoms with Crippen molar-refractivity contribution in [3.63, 3.8) is 0 Å². The summed E-state index contributed by atoms with van der Waals surface area (Å²) in [6, 6.07) is 9.23. The maximum absolute atomic E-state index is 10.2. The maximum Gasteiger partial charge on any atom is 0.193 e. The maximum atomic E-state index is 10.2. The third-order valence-corrected chi connectivity index (χ3v) is 3.92. The molecule has 120 valence electrons. The highest BCUT2D eigenvalue weighted by atomic mass is 16.7. The quantitative estimate of drug-likeness (QED) is 0.533. The molecule has 1 saturated heterocycles. The Morgan fingerprint density at radius 1 is 1.32 bits per heavy atom. The minimum atomic E-state index is -1.93. The number of para-hydroxylation sites is 1. The van der Waals surface area contributed by atoms with Crippen LogP contribution in [0.15, 0.2) is 30.3 Å². The first-order chi connectivity index (χ1) is 10.4. The number of benzene rings is 1. The monoisotopic (exact) mass is 309 g/mol. The number of aromatic nitrogens is 1. The lowest BCUT2D eigenvalue weighted by Gasteiger charge is -2.45. The van der Waals surface area contributed by atoms with Gasteiger partial charge in [0.05, 0.1) is 6.61 Å². The number of H-pyrrole nitrogens is 1. The summed E-state index contributed by atoms with van der Waals surface area (Å²) in [5.74, 6) is -1.58. The van der Waals surface area contributed by atoms with E-state index in [2.05, 4.69) is 4.98 Å². The van der Waals surface area contributed by atoms with Crippen LogP contribution in [0.5, 0.6) is 5.88 Å². The molecule has 1 aromatic carbocycles. The van der Waals surface area contributed by atoms with Crippen LogP contribution in [0.3, 0.4) is 0 Å². The minimum Gasteiger partial charge on any atom is -0.470 e. The van der Waals surface area contributed by atoms with E-state index in [1.54, 1.807) is 6.07 Å². The molecule has 0 amide bonds. The molecule has 2 aromatic rings. The van der Waals surface area contributed by atoms with E-state index in [0.717, 1.165) is 10.9 Å². The van der Waals surface area contributed by atoms with Gasteiger partial charge in [-0.05, 0) is 13.0 Å². The number of aliphatic hydroxyl groups excluding tert-OH is 3. The summed E-state index contributed by atoms with van der Waals surface area (Å²) in [4.78, 5) is 3.01. The molecule has 1 unspecified atom stereocenters. The number of rotatable bonds is 3. The number of aliphatic hydroxyl groups is 4. The van der Waals surface area contributed by atoms with Crippen LogP contribution in [0.1, 0.15) is 6.92 Å². The van der Waals surface area contributed by atoms with Crippen molar-refractivity contribution in [3.8, 4) is 5.88 Å². The van der Waals surface area contributed by atoms with Gasteiger partial charge in [-0.2, -0.15) is 0 Å². The Labute approximate surface area is 126 Å². The van der Waals surface area contributed by atoms with Crippen molar-refractivity contribution >= 4 is 10.9 Å². The van der Waals surface area contributed by atoms with Crippen LogP contribution in [-0.2, 0) is 4.74 Å². The molecule has 7 heteroatoms. The topological polar surface area (TPSA) is 115 Å². The van der Waals surface area contributed by atoms with Crippen molar-refractivity contribution in [3.05, 3.63) is 30.3 Å². The van der Waals surface area contributed by atoms with Gasteiger partial charge in [0, 0.05) is 17.0 Å². The Morgan fingerprint density at radius 2 is 2.05 bits per heavy atom. The van der Waals surface area contributed by atoms with Crippen LogP contribution in [0.25, 0.3) is 10.9 Å². The van der Waals surface area contributed by atoms with Crippen molar-refractivity contribution in [2.24, 2.45) is 0 Å². The van der Waals surface area contributed by atoms with Crippen molar-refractivity contribution in [1.82, 2.24) is 4.98 Å². The zero-order chi connectivity index (χ0) is 15.9. The lowest BCUT2D eigenvalue weighted by atomic mass is 9.93. The highest BCUT2D eigenvalue weighted by Gasteiger charge is 2.51. The lowest BCUT2D eigenvalue weighted by Crippen LogP contribution is -2.65. The van der Waals surface area contributed by atoms with E-state index in [9.17, 15) is 20.4 Å². The van der Waals surface area contributed by atoms with Crippen LogP contribution < -0.4 is 4.74 Å². The van der Waals surface area contributed by atoms with Crippen molar-refractivity contribution < 1.29 is 29.9 Å². The highest BCUT2D eigenvalue weighted by Crippen LogP contribution is 2.31. The van der Waals surface area contributed by atoms with Crippen molar-refractivity contribution in [2.75, 3.05) is 6.61 Å². The Balaban J connectivity index is 1.87. The van der Waals surface area contributed by atoms with E-state index < -0.39 is 36.8 Å². The normalized spacial score (nSPS) is 35.7. The average molecular weight is 309 g/mol. The van der Waals surface area contributed by atoms with E-state index >= 15 is 0 Å². The SMILES string of the molecule is CC1(O)O[C@H](CO)[C@H](O)[C@H](Oc2cc3ccccc3[nH]2)[C@H]1O. The van der Waals surface area contributed by atoms with Gasteiger partial charge in [0.15, 0.2) is 17.8 Å². The first-order valence-corrected chi connectivity index (χ1v) is 7.04. The molecule has 0 aliphatic carbocycles. The Hall–Kier alpha value is -1.64. The van der Waals surface area contributed by atoms with Gasteiger partial charge in [0.2, 0.25) is 0 Å². The summed E-state index contributed by atoms with van der Waals surface area (Å²) in [6.45, 7) is 0.754. The first kappa shape index (κ1) is 15.3. The molecule has 5 N–H and O–H groups in total. The minimum absolute atomic E-state index is 0.346. The van der Waals surface area contributed by atoms with Gasteiger partial charge < -0.3 is 34.9 Å². The van der Waals surface area contributed by atoms with Crippen LogP contribution >= 0.6 is 0 Å². The Bertz CT molecular complexity index is 621. The molecule has 1 aliphatic heterocycles. The summed E-state index contributed by atoms with van der Waals surface area (Å²) in [5, 5.41) is 40.6. The number of aromatic amines is 1. The zero-order valence-electron chi connectivity index (χ0n) is 12.0. The van der Waals surface area contributed by atoms with Gasteiger partial charge in [-0.25, -0.2) is 0 Å². The molecule has 5 atom stereocenters. The van der Waals surface area contributed by atoms with Crippen LogP contribution in [0.2, 0.25) is 0 Å². The Kier molecular flexibility index (Phi) is 3.84. The molecule has 22 heavy (non-hydrogen) atoms. The van der Waals surface area contributed by atoms with Gasteiger partial charge in [0.1, 0.15) is 18.3 Å². The predicted molar refractivity (Wildman–Crippen MR) is 77.3 cm³/mol. The van der Waals surface area contributed by atoms with Crippen molar-refractivity contribution in [2.45, 2.75) is 37.1 Å². The average Bonchev–Trinajstić information content (AvgIpc) is 2.90. The smallest absolute Gasteiger partial charge is 0.193 e. The first-order valence-electron chi connectivity index (χ1n) is 7.04. The van der Waals surface area contributed by atoms with Gasteiger partial charge in [-0.3, -0.25) is 0 Å². The van der Waals surface area contributed by atoms with Crippen LogP contribution in [0.4, 0.5) is 0 Å². The molecule has 1 fully saturated rings. The molecule has 3 rings (SSSR count). The molecular weight excluding hydrogens is 290 g/mol. The predicted octanol–water partition coefficient (Wildman–Crippen LogP) is -0.263. The standard InChI is InChI=1S/C15H19NO6/c1-15(20)14(19)13(12(18)10(7-17)22-15)21-11-6-8-4-2-3-5-9(8)16-11/h2-6,10,12-14,16-20H,7H2,1H3/t10-,12+,13+,14-,15?/m1/s1.